The summed E-state index contributed by atoms with van der Waals surface area (Å²) in [6.45, 7) is 0. The van der Waals surface area contributed by atoms with Crippen molar-refractivity contribution in [2.24, 2.45) is 0 Å². The molecular formula is C55H35N3O2. The maximum atomic E-state index is 6.35. The van der Waals surface area contributed by atoms with Gasteiger partial charge in [-0.05, 0) is 113 Å². The summed E-state index contributed by atoms with van der Waals surface area (Å²) in [4.78, 5) is 7.33. The number of nitrogens with zero attached hydrogens (tertiary/aromatic N) is 3. The zero-order valence-corrected chi connectivity index (χ0v) is 32.4. The average molecular weight is 770 g/mol. The van der Waals surface area contributed by atoms with Gasteiger partial charge in [0.15, 0.2) is 5.58 Å². The van der Waals surface area contributed by atoms with Gasteiger partial charge in [-0.2, -0.15) is 0 Å². The van der Waals surface area contributed by atoms with Gasteiger partial charge in [-0.3, -0.25) is 0 Å². The molecule has 60 heavy (non-hydrogen) atoms. The van der Waals surface area contributed by atoms with Gasteiger partial charge in [0.25, 0.3) is 0 Å². The van der Waals surface area contributed by atoms with Gasteiger partial charge >= 0.3 is 0 Å². The van der Waals surface area contributed by atoms with Crippen LogP contribution in [0.5, 0.6) is 0 Å². The number of hydrogen-bond acceptors (Lipinski definition) is 4. The second-order valence-corrected chi connectivity index (χ2v) is 15.2. The molecule has 12 aromatic rings. The molecule has 0 spiro atoms. The summed E-state index contributed by atoms with van der Waals surface area (Å²) in [6, 6.07) is 74.8. The molecule has 0 bridgehead atoms. The van der Waals surface area contributed by atoms with E-state index in [9.17, 15) is 0 Å². The van der Waals surface area contributed by atoms with Crippen molar-refractivity contribution in [1.82, 2.24) is 9.55 Å². The van der Waals surface area contributed by atoms with Crippen molar-refractivity contribution in [2.45, 2.75) is 0 Å². The molecule has 0 aliphatic carbocycles. The molecule has 0 fully saturated rings. The Morgan fingerprint density at radius 1 is 0.367 bits per heavy atom. The number of aromatic nitrogens is 2. The molecule has 5 heteroatoms. The Balaban J connectivity index is 0.993. The highest BCUT2D eigenvalue weighted by molar-refractivity contribution is 6.17. The number of fused-ring (bicyclic) bond motifs is 8. The van der Waals surface area contributed by atoms with Crippen LogP contribution in [0.3, 0.4) is 0 Å². The number of anilines is 3. The van der Waals surface area contributed by atoms with Gasteiger partial charge in [0.1, 0.15) is 16.7 Å². The molecule has 9 aromatic carbocycles. The van der Waals surface area contributed by atoms with Crippen molar-refractivity contribution in [3.8, 4) is 39.4 Å². The van der Waals surface area contributed by atoms with Crippen molar-refractivity contribution in [1.29, 1.82) is 0 Å². The predicted molar refractivity (Wildman–Crippen MR) is 247 cm³/mol. The van der Waals surface area contributed by atoms with Crippen LogP contribution in [-0.2, 0) is 0 Å². The molecule has 282 valence electrons. The van der Waals surface area contributed by atoms with Gasteiger partial charge in [0.05, 0.1) is 16.4 Å². The van der Waals surface area contributed by atoms with Crippen LogP contribution < -0.4 is 4.90 Å². The van der Waals surface area contributed by atoms with E-state index in [0.717, 1.165) is 83.6 Å². The van der Waals surface area contributed by atoms with Gasteiger partial charge in [-0.15, -0.1) is 0 Å². The Labute approximate surface area is 345 Å². The molecule has 0 amide bonds. The van der Waals surface area contributed by atoms with Gasteiger partial charge < -0.3 is 18.3 Å². The lowest BCUT2D eigenvalue weighted by molar-refractivity contribution is 0.619. The highest BCUT2D eigenvalue weighted by Gasteiger charge is 2.20. The summed E-state index contributed by atoms with van der Waals surface area (Å²) in [7, 11) is 0. The Hall–Kier alpha value is -8.15. The molecule has 5 nitrogen and oxygen atoms in total. The third kappa shape index (κ3) is 5.59. The third-order valence-corrected chi connectivity index (χ3v) is 11.6. The van der Waals surface area contributed by atoms with E-state index in [-0.39, 0.29) is 0 Å². The Kier molecular flexibility index (Phi) is 7.78. The molecule has 0 saturated carbocycles. The molecule has 0 aliphatic rings. The first-order valence-corrected chi connectivity index (χ1v) is 20.2. The van der Waals surface area contributed by atoms with Gasteiger partial charge in [-0.1, -0.05) is 121 Å². The molecule has 0 unspecified atom stereocenters. The van der Waals surface area contributed by atoms with Crippen LogP contribution in [0.15, 0.2) is 221 Å². The zero-order chi connectivity index (χ0) is 39.6. The minimum absolute atomic E-state index is 0.596. The Morgan fingerprint density at radius 2 is 0.967 bits per heavy atom. The molecule has 0 radical (unpaired) electrons. The largest absolute Gasteiger partial charge is 0.456 e. The minimum atomic E-state index is 0.596. The summed E-state index contributed by atoms with van der Waals surface area (Å²) in [6.07, 6.45) is 0. The summed E-state index contributed by atoms with van der Waals surface area (Å²) in [5, 5.41) is 4.41. The molecule has 0 N–H and O–H groups in total. The smallest absolute Gasteiger partial charge is 0.227 e. The zero-order valence-electron chi connectivity index (χ0n) is 32.4. The first-order valence-electron chi connectivity index (χ1n) is 20.2. The van der Waals surface area contributed by atoms with Crippen molar-refractivity contribution in [3.63, 3.8) is 0 Å². The van der Waals surface area contributed by atoms with Gasteiger partial charge in [0, 0.05) is 44.5 Å². The van der Waals surface area contributed by atoms with Crippen LogP contribution >= 0.6 is 0 Å². The summed E-state index contributed by atoms with van der Waals surface area (Å²) < 4.78 is 15.0. The van der Waals surface area contributed by atoms with Crippen LogP contribution in [0.4, 0.5) is 17.1 Å². The van der Waals surface area contributed by atoms with Crippen molar-refractivity contribution < 1.29 is 8.83 Å². The lowest BCUT2D eigenvalue weighted by Gasteiger charge is -2.26. The van der Waals surface area contributed by atoms with E-state index in [4.69, 9.17) is 13.8 Å². The van der Waals surface area contributed by atoms with E-state index in [1.54, 1.807) is 0 Å². The fourth-order valence-electron chi connectivity index (χ4n) is 8.80. The lowest BCUT2D eigenvalue weighted by atomic mass is 10.0. The standard InChI is InChI=1S/C55H35N3O2/c1-4-13-36(14-5-1)39-17-12-20-43(33-39)57(44-28-29-46-45-21-10-11-22-48(45)58(49(46)35-44)41-18-8-3-9-19-41)42-26-23-37(24-27-42)40-25-30-50-47(34-40)53-51(59-50)31-32-52-54(53)56-55(60-52)38-15-6-2-7-16-38/h1-35H. The summed E-state index contributed by atoms with van der Waals surface area (Å²) in [5.74, 6) is 0.596. The van der Waals surface area contributed by atoms with E-state index in [1.165, 1.54) is 21.9 Å². The lowest BCUT2D eigenvalue weighted by Crippen LogP contribution is -2.10. The van der Waals surface area contributed by atoms with Crippen molar-refractivity contribution >= 4 is 71.9 Å². The topological polar surface area (TPSA) is 47.3 Å². The average Bonchev–Trinajstić information content (AvgIpc) is 4.02. The van der Waals surface area contributed by atoms with Crippen molar-refractivity contribution in [2.75, 3.05) is 4.90 Å². The molecule has 12 rings (SSSR count). The molecule has 0 aliphatic heterocycles. The highest BCUT2D eigenvalue weighted by Crippen LogP contribution is 2.42. The summed E-state index contributed by atoms with van der Waals surface area (Å²) in [5.41, 5.74) is 15.3. The number of oxazole rings is 1. The van der Waals surface area contributed by atoms with Crippen LogP contribution in [0.1, 0.15) is 0 Å². The van der Waals surface area contributed by atoms with Crippen LogP contribution in [-0.4, -0.2) is 9.55 Å². The number of para-hydroxylation sites is 2. The summed E-state index contributed by atoms with van der Waals surface area (Å²) >= 11 is 0. The Bertz CT molecular complexity index is 3530. The normalized spacial score (nSPS) is 11.7. The first kappa shape index (κ1) is 33.9. The van der Waals surface area contributed by atoms with Crippen LogP contribution in [0, 0.1) is 0 Å². The number of benzene rings is 9. The first-order chi connectivity index (χ1) is 29.7. The van der Waals surface area contributed by atoms with Gasteiger partial charge in [-0.25, -0.2) is 4.98 Å². The van der Waals surface area contributed by atoms with E-state index in [0.29, 0.717) is 5.89 Å². The van der Waals surface area contributed by atoms with E-state index in [2.05, 4.69) is 179 Å². The minimum Gasteiger partial charge on any atom is -0.456 e. The van der Waals surface area contributed by atoms with Crippen LogP contribution in [0.25, 0.3) is 94.2 Å². The van der Waals surface area contributed by atoms with E-state index < -0.39 is 0 Å². The quantitative estimate of drug-likeness (QED) is 0.162. The molecule has 3 aromatic heterocycles. The molecular weight excluding hydrogens is 735 g/mol. The second kappa shape index (κ2) is 13.8. The fraction of sp³-hybridized carbons (Fsp3) is 0. The van der Waals surface area contributed by atoms with E-state index >= 15 is 0 Å². The molecule has 0 atom stereocenters. The van der Waals surface area contributed by atoms with E-state index in [1.807, 2.05) is 42.5 Å². The van der Waals surface area contributed by atoms with Gasteiger partial charge in [0.2, 0.25) is 5.89 Å². The second-order valence-electron chi connectivity index (χ2n) is 15.2. The number of hydrogen-bond donors (Lipinski definition) is 0. The van der Waals surface area contributed by atoms with Crippen molar-refractivity contribution in [3.05, 3.63) is 212 Å². The highest BCUT2D eigenvalue weighted by atomic mass is 16.4. The maximum Gasteiger partial charge on any atom is 0.227 e. The molecule has 3 heterocycles. The third-order valence-electron chi connectivity index (χ3n) is 11.6. The molecule has 0 saturated heterocycles. The predicted octanol–water partition coefficient (Wildman–Crippen LogP) is 15.3. The SMILES string of the molecule is c1ccc(-c2cccc(N(c3ccc(-c4ccc5oc6ccc7oc(-c8ccccc8)nc7c6c5c4)cc3)c3ccc4c5ccccc5n(-c5ccccc5)c4c3)c2)cc1. The number of furan rings is 1. The fourth-order valence-corrected chi connectivity index (χ4v) is 8.80. The monoisotopic (exact) mass is 769 g/mol. The number of rotatable bonds is 7. The Morgan fingerprint density at radius 3 is 1.78 bits per heavy atom. The van der Waals surface area contributed by atoms with Crippen LogP contribution in [0.2, 0.25) is 0 Å². The maximum absolute atomic E-state index is 6.35.